The third-order valence-electron chi connectivity index (χ3n) is 3.64. The number of nitrogens with zero attached hydrogens (tertiary/aromatic N) is 1. The summed E-state index contributed by atoms with van der Waals surface area (Å²) in [6.07, 6.45) is 1.57. The number of carbonyl (C=O) groups excluding carboxylic acids is 1. The molecule has 2 atom stereocenters. The van der Waals surface area contributed by atoms with Crippen molar-refractivity contribution in [2.75, 3.05) is 6.54 Å². The third kappa shape index (κ3) is 2.72. The molecule has 1 heterocycles. The number of aliphatic carboxylic acids is 1. The van der Waals surface area contributed by atoms with Crippen LogP contribution in [0.15, 0.2) is 18.2 Å². The fourth-order valence-corrected chi connectivity index (χ4v) is 2.78. The molecule has 0 radical (unpaired) electrons. The van der Waals surface area contributed by atoms with Crippen molar-refractivity contribution in [2.45, 2.75) is 25.8 Å². The van der Waals surface area contributed by atoms with Crippen LogP contribution in [0.3, 0.4) is 0 Å². The molecule has 0 spiro atoms. The number of amides is 1. The van der Waals surface area contributed by atoms with Crippen LogP contribution in [0.25, 0.3) is 0 Å². The second kappa shape index (κ2) is 5.71. The lowest BCUT2D eigenvalue weighted by Crippen LogP contribution is -2.51. The topological polar surface area (TPSA) is 77.8 Å². The van der Waals surface area contributed by atoms with E-state index < -0.39 is 12.0 Å². The molecule has 2 unspecified atom stereocenters. The van der Waals surface area contributed by atoms with Crippen molar-refractivity contribution in [3.05, 3.63) is 28.8 Å². The molecule has 1 aromatic rings. The summed E-state index contributed by atoms with van der Waals surface area (Å²) in [5.74, 6) is -1.55. The summed E-state index contributed by atoms with van der Waals surface area (Å²) >= 11 is 5.79. The smallest absolute Gasteiger partial charge is 0.326 e. The number of piperidine rings is 1. The van der Waals surface area contributed by atoms with Crippen LogP contribution in [0, 0.1) is 5.92 Å². The van der Waals surface area contributed by atoms with E-state index in [0.29, 0.717) is 6.54 Å². The molecular formula is C14H16ClNO4. The Morgan fingerprint density at radius 2 is 2.10 bits per heavy atom. The van der Waals surface area contributed by atoms with Crippen molar-refractivity contribution in [3.8, 4) is 5.75 Å². The van der Waals surface area contributed by atoms with E-state index in [0.717, 1.165) is 12.8 Å². The standard InChI is InChI=1S/C14H16ClNO4/c1-8-3-2-6-16(12(8)14(19)20)13(18)9-4-5-11(17)10(15)7-9/h4-5,7-8,12,17H,2-3,6H2,1H3,(H,19,20). The Labute approximate surface area is 121 Å². The molecule has 0 aromatic heterocycles. The van der Waals surface area contributed by atoms with Gasteiger partial charge in [-0.3, -0.25) is 4.79 Å². The maximum Gasteiger partial charge on any atom is 0.326 e. The number of carbonyl (C=O) groups is 2. The minimum Gasteiger partial charge on any atom is -0.506 e. The molecule has 1 aliphatic rings. The molecule has 20 heavy (non-hydrogen) atoms. The lowest BCUT2D eigenvalue weighted by Gasteiger charge is -2.37. The highest BCUT2D eigenvalue weighted by atomic mass is 35.5. The summed E-state index contributed by atoms with van der Waals surface area (Å²) in [5.41, 5.74) is 0.285. The van der Waals surface area contributed by atoms with Crippen LogP contribution in [0.4, 0.5) is 0 Å². The number of hydrogen-bond acceptors (Lipinski definition) is 3. The lowest BCUT2D eigenvalue weighted by atomic mass is 9.90. The first-order chi connectivity index (χ1) is 9.41. The summed E-state index contributed by atoms with van der Waals surface area (Å²) in [6.45, 7) is 2.25. The normalized spacial score (nSPS) is 22.6. The summed E-state index contributed by atoms with van der Waals surface area (Å²) in [4.78, 5) is 25.2. The number of aromatic hydroxyl groups is 1. The van der Waals surface area contributed by atoms with Crippen molar-refractivity contribution >= 4 is 23.5 Å². The van der Waals surface area contributed by atoms with Crippen molar-refractivity contribution in [2.24, 2.45) is 5.92 Å². The Balaban J connectivity index is 2.30. The summed E-state index contributed by atoms with van der Waals surface area (Å²) in [6, 6.07) is 3.32. The predicted molar refractivity (Wildman–Crippen MR) is 74.0 cm³/mol. The molecule has 1 saturated heterocycles. The van der Waals surface area contributed by atoms with E-state index >= 15 is 0 Å². The first-order valence-corrected chi connectivity index (χ1v) is 6.82. The SMILES string of the molecule is CC1CCCN(C(=O)c2ccc(O)c(Cl)c2)C1C(=O)O. The van der Waals surface area contributed by atoms with Gasteiger partial charge in [-0.1, -0.05) is 18.5 Å². The van der Waals surface area contributed by atoms with Crippen LogP contribution in [-0.2, 0) is 4.79 Å². The number of halogens is 1. The van der Waals surface area contributed by atoms with Crippen molar-refractivity contribution in [1.29, 1.82) is 0 Å². The van der Waals surface area contributed by atoms with Crippen molar-refractivity contribution in [3.63, 3.8) is 0 Å². The first kappa shape index (κ1) is 14.7. The zero-order chi connectivity index (χ0) is 14.9. The van der Waals surface area contributed by atoms with E-state index in [4.69, 9.17) is 11.6 Å². The van der Waals surface area contributed by atoms with Gasteiger partial charge in [0.05, 0.1) is 5.02 Å². The zero-order valence-electron chi connectivity index (χ0n) is 11.0. The Hall–Kier alpha value is -1.75. The van der Waals surface area contributed by atoms with Crippen LogP contribution in [0.2, 0.25) is 5.02 Å². The highest BCUT2D eigenvalue weighted by Gasteiger charge is 2.37. The second-order valence-corrected chi connectivity index (χ2v) is 5.47. The molecular weight excluding hydrogens is 282 g/mol. The van der Waals surface area contributed by atoms with Gasteiger partial charge in [0.25, 0.3) is 5.91 Å². The van der Waals surface area contributed by atoms with Crippen molar-refractivity contribution in [1.82, 2.24) is 4.90 Å². The number of likely N-dealkylation sites (tertiary alicyclic amines) is 1. The first-order valence-electron chi connectivity index (χ1n) is 6.44. The molecule has 108 valence electrons. The molecule has 0 saturated carbocycles. The largest absolute Gasteiger partial charge is 0.506 e. The molecule has 6 heteroatoms. The van der Waals surface area contributed by atoms with Crippen LogP contribution in [-0.4, -0.2) is 39.6 Å². The maximum atomic E-state index is 12.4. The molecule has 1 aromatic carbocycles. The van der Waals surface area contributed by atoms with Gasteiger partial charge in [0, 0.05) is 12.1 Å². The number of benzene rings is 1. The summed E-state index contributed by atoms with van der Waals surface area (Å²) < 4.78 is 0. The van der Waals surface area contributed by atoms with Gasteiger partial charge in [-0.25, -0.2) is 4.79 Å². The number of hydrogen-bond donors (Lipinski definition) is 2. The molecule has 1 fully saturated rings. The molecule has 1 aliphatic heterocycles. The molecule has 0 bridgehead atoms. The fourth-order valence-electron chi connectivity index (χ4n) is 2.60. The number of phenols is 1. The van der Waals surface area contributed by atoms with E-state index in [1.165, 1.54) is 23.1 Å². The average molecular weight is 298 g/mol. The van der Waals surface area contributed by atoms with Gasteiger partial charge in [0.1, 0.15) is 11.8 Å². The zero-order valence-corrected chi connectivity index (χ0v) is 11.8. The minimum absolute atomic E-state index is 0.0767. The Bertz CT molecular complexity index is 546. The quantitative estimate of drug-likeness (QED) is 0.878. The molecule has 1 amide bonds. The monoisotopic (exact) mass is 297 g/mol. The highest BCUT2D eigenvalue weighted by Crippen LogP contribution is 2.28. The van der Waals surface area contributed by atoms with Crippen LogP contribution in [0.1, 0.15) is 30.1 Å². The van der Waals surface area contributed by atoms with E-state index in [2.05, 4.69) is 0 Å². The summed E-state index contributed by atoms with van der Waals surface area (Å²) in [5, 5.41) is 18.8. The summed E-state index contributed by atoms with van der Waals surface area (Å²) in [7, 11) is 0. The minimum atomic E-state index is -0.990. The van der Waals surface area contributed by atoms with Gasteiger partial charge in [-0.2, -0.15) is 0 Å². The van der Waals surface area contributed by atoms with Crippen LogP contribution >= 0.6 is 11.6 Å². The van der Waals surface area contributed by atoms with Crippen LogP contribution < -0.4 is 0 Å². The molecule has 0 aliphatic carbocycles. The van der Waals surface area contributed by atoms with E-state index in [9.17, 15) is 19.8 Å². The van der Waals surface area contributed by atoms with E-state index in [-0.39, 0.29) is 28.2 Å². The fraction of sp³-hybridized carbons (Fsp3) is 0.429. The molecule has 2 rings (SSSR count). The number of carboxylic acid groups (broad SMARTS) is 1. The Morgan fingerprint density at radius 1 is 1.40 bits per heavy atom. The van der Waals surface area contributed by atoms with Gasteiger partial charge in [-0.15, -0.1) is 0 Å². The average Bonchev–Trinajstić information content (AvgIpc) is 2.40. The molecule has 5 nitrogen and oxygen atoms in total. The van der Waals surface area contributed by atoms with Gasteiger partial charge < -0.3 is 15.1 Å². The Kier molecular flexibility index (Phi) is 4.18. The van der Waals surface area contributed by atoms with E-state index in [1.54, 1.807) is 0 Å². The van der Waals surface area contributed by atoms with E-state index in [1.807, 2.05) is 6.92 Å². The second-order valence-electron chi connectivity index (χ2n) is 5.07. The van der Waals surface area contributed by atoms with Gasteiger partial charge in [0.15, 0.2) is 0 Å². The maximum absolute atomic E-state index is 12.4. The van der Waals surface area contributed by atoms with Gasteiger partial charge in [0.2, 0.25) is 0 Å². The highest BCUT2D eigenvalue weighted by molar-refractivity contribution is 6.32. The number of phenolic OH excluding ortho intramolecular Hbond substituents is 1. The van der Waals surface area contributed by atoms with Crippen LogP contribution in [0.5, 0.6) is 5.75 Å². The lowest BCUT2D eigenvalue weighted by molar-refractivity contribution is -0.145. The van der Waals surface area contributed by atoms with Gasteiger partial charge >= 0.3 is 5.97 Å². The third-order valence-corrected chi connectivity index (χ3v) is 3.94. The molecule has 2 N–H and O–H groups in total. The Morgan fingerprint density at radius 3 is 2.70 bits per heavy atom. The number of carboxylic acids is 1. The van der Waals surface area contributed by atoms with Gasteiger partial charge in [-0.05, 0) is 37.0 Å². The van der Waals surface area contributed by atoms with Crippen molar-refractivity contribution < 1.29 is 19.8 Å². The number of rotatable bonds is 2. The predicted octanol–water partition coefficient (Wildman–Crippen LogP) is 2.37.